The molecule has 0 aliphatic carbocycles. The number of hydrogen-bond acceptors (Lipinski definition) is 3. The van der Waals surface area contributed by atoms with E-state index in [1.807, 2.05) is 72.8 Å². The summed E-state index contributed by atoms with van der Waals surface area (Å²) in [6, 6.07) is 106. The minimum Gasteiger partial charge on any atom is -0.377 e. The topological polar surface area (TPSA) is 9.72 Å². The second kappa shape index (κ2) is 31.7. The van der Waals surface area contributed by atoms with Crippen LogP contribution in [-0.4, -0.2) is 42.3 Å². The summed E-state index contributed by atoms with van der Waals surface area (Å²) in [5, 5.41) is 13.0. The first-order valence-corrected chi connectivity index (χ1v) is 36.7. The number of benzene rings is 16. The quantitative estimate of drug-likeness (QED) is 0.163. The molecule has 0 saturated carbocycles. The van der Waals surface area contributed by atoms with Crippen molar-refractivity contribution in [3.8, 4) is 107 Å². The van der Waals surface area contributed by atoms with Gasteiger partial charge in [0.15, 0.2) is 0 Å². The lowest BCUT2D eigenvalue weighted by molar-refractivity contribution is 1.14. The van der Waals surface area contributed by atoms with Crippen molar-refractivity contribution < 1.29 is 0 Å². The first kappa shape index (κ1) is 69.9. The molecule has 0 fully saturated rings. The monoisotopic (exact) mass is 1410 g/mol. The molecule has 0 N–H and O–H groups in total. The number of fused-ring (bicyclic) bond motifs is 6. The van der Waals surface area contributed by atoms with Crippen LogP contribution in [0.3, 0.4) is 0 Å². The van der Waals surface area contributed by atoms with Crippen LogP contribution in [0.25, 0.3) is 64.6 Å². The Hall–Kier alpha value is -15.5. The molecule has 16 aromatic rings. The van der Waals surface area contributed by atoms with Gasteiger partial charge in [-0.3, -0.25) is 0 Å². The molecule has 516 valence electrons. The number of rotatable bonds is 3. The lowest BCUT2D eigenvalue weighted by Crippen LogP contribution is -2.09. The van der Waals surface area contributed by atoms with Crippen LogP contribution in [-0.2, 0) is 0 Å². The van der Waals surface area contributed by atoms with Crippen molar-refractivity contribution in [3.63, 3.8) is 0 Å². The molecule has 0 saturated heterocycles. The van der Waals surface area contributed by atoms with Crippen LogP contribution < -0.4 is 14.7 Å². The van der Waals surface area contributed by atoms with E-state index in [1.54, 1.807) is 0 Å². The predicted molar refractivity (Wildman–Crippen MR) is 466 cm³/mol. The number of nitrogens with zero attached hydrogens (tertiary/aromatic N) is 3. The number of hydrogen-bond donors (Lipinski definition) is 0. The van der Waals surface area contributed by atoms with Crippen LogP contribution in [0.1, 0.15) is 100 Å². The van der Waals surface area contributed by atoms with Gasteiger partial charge in [-0.15, -0.1) is 0 Å². The zero-order valence-corrected chi connectivity index (χ0v) is 62.3. The van der Waals surface area contributed by atoms with Crippen LogP contribution >= 0.6 is 0 Å². The maximum absolute atomic E-state index is 3.56. The van der Waals surface area contributed by atoms with Crippen LogP contribution in [0, 0.1) is 107 Å². The Morgan fingerprint density at radius 1 is 0.135 bits per heavy atom. The van der Waals surface area contributed by atoms with Gasteiger partial charge in [0, 0.05) is 176 Å². The summed E-state index contributed by atoms with van der Waals surface area (Å²) in [5.74, 6) is 62.5. The van der Waals surface area contributed by atoms with Crippen LogP contribution in [0.2, 0.25) is 0 Å². The van der Waals surface area contributed by atoms with Gasteiger partial charge in [-0.2, -0.15) is 0 Å². The van der Waals surface area contributed by atoms with Crippen molar-refractivity contribution in [1.82, 2.24) is 0 Å². The van der Waals surface area contributed by atoms with Crippen LogP contribution in [0.4, 0.5) is 17.1 Å². The third-order valence-corrected chi connectivity index (χ3v) is 19.6. The Bertz CT molecular complexity index is 6450. The Morgan fingerprint density at radius 3 is 0.523 bits per heavy atom. The van der Waals surface area contributed by atoms with Gasteiger partial charge in [-0.25, -0.2) is 0 Å². The highest BCUT2D eigenvalue weighted by Crippen LogP contribution is 2.33. The molecular weight excluding hydrogens is 1340 g/mol. The molecule has 0 aromatic heterocycles. The fraction of sp³-hybridized carbons (Fsp3) is 0.0556. The average molecular weight is 1410 g/mol. The van der Waals surface area contributed by atoms with E-state index < -0.39 is 0 Å². The van der Waals surface area contributed by atoms with Crippen molar-refractivity contribution in [2.45, 2.75) is 0 Å². The van der Waals surface area contributed by atoms with Crippen LogP contribution in [0.15, 0.2) is 309 Å². The molecule has 0 aliphatic heterocycles. The summed E-state index contributed by atoms with van der Waals surface area (Å²) in [4.78, 5) is 6.41. The van der Waals surface area contributed by atoms with Gasteiger partial charge in [0.25, 0.3) is 0 Å². The Labute approximate surface area is 650 Å². The molecule has 3 heteroatoms. The van der Waals surface area contributed by atoms with E-state index in [0.717, 1.165) is 149 Å². The second-order valence-corrected chi connectivity index (χ2v) is 27.6. The second-order valence-electron chi connectivity index (χ2n) is 27.6. The first-order valence-electron chi connectivity index (χ1n) is 36.7. The molecule has 0 bridgehead atoms. The number of anilines is 3. The van der Waals surface area contributed by atoms with E-state index in [1.165, 1.54) is 33.2 Å². The third kappa shape index (κ3) is 15.6. The lowest BCUT2D eigenvalue weighted by atomic mass is 9.98. The van der Waals surface area contributed by atoms with E-state index in [9.17, 15) is 0 Å². The SMILES string of the molecule is CN(C)c1cccc2c(C#Cc3ccc(C#Cc4cccc5c(C#Cc6cc(C#Cc7cccc8c(C#Cc9ccc(C#Cc%10cccc%11c(N(C)C)cccc%10%11)cc9)cccc78)cc(C#Cc7cccc8c(C#Cc9ccc(C#Cc%10ccc(N(C)C)c%11ccccc%10%11)cc9)cccc78)c6)cccc45)cc3)cccc12. The summed E-state index contributed by atoms with van der Waals surface area (Å²) < 4.78 is 0. The molecule has 0 amide bonds. The van der Waals surface area contributed by atoms with E-state index in [2.05, 4.69) is 400 Å². The van der Waals surface area contributed by atoms with Gasteiger partial charge in [0.1, 0.15) is 0 Å². The minimum atomic E-state index is 0.779. The Balaban J connectivity index is 0.689. The molecule has 0 heterocycles. The molecular formula is C108H69N3. The van der Waals surface area contributed by atoms with Gasteiger partial charge < -0.3 is 14.7 Å². The van der Waals surface area contributed by atoms with Gasteiger partial charge in [0.05, 0.1) is 0 Å². The van der Waals surface area contributed by atoms with Gasteiger partial charge in [-0.1, -0.05) is 252 Å². The van der Waals surface area contributed by atoms with Crippen molar-refractivity contribution in [2.24, 2.45) is 0 Å². The normalized spacial score (nSPS) is 10.3. The zero-order chi connectivity index (χ0) is 75.6. The third-order valence-electron chi connectivity index (χ3n) is 19.6. The molecule has 16 aromatic carbocycles. The van der Waals surface area contributed by atoms with Crippen molar-refractivity contribution >= 4 is 81.7 Å². The fourth-order valence-electron chi connectivity index (χ4n) is 14.0. The van der Waals surface area contributed by atoms with Crippen molar-refractivity contribution in [3.05, 3.63) is 410 Å². The molecule has 0 unspecified atom stereocenters. The van der Waals surface area contributed by atoms with Gasteiger partial charge in [-0.05, 0) is 212 Å². The molecule has 111 heavy (non-hydrogen) atoms. The molecule has 16 rings (SSSR count). The highest BCUT2D eigenvalue weighted by molar-refractivity contribution is 6.01. The first-order chi connectivity index (χ1) is 54.5. The largest absolute Gasteiger partial charge is 0.377 e. The van der Waals surface area contributed by atoms with E-state index in [-0.39, 0.29) is 0 Å². The maximum Gasteiger partial charge on any atom is 0.0441 e. The van der Waals surface area contributed by atoms with Gasteiger partial charge in [0.2, 0.25) is 0 Å². The standard InChI is InChI=1S/C108H69N3/c1-109(2)106-39-17-35-101-91(25-15-37-104(101)106)65-56-79-45-41-76(42-46-79)53-62-85-19-9-32-97-88(22-12-29-94(85)97)68-59-82-73-83(60-69-89-23-13-30-95-86(20-10-33-98(89)95)63-54-77-43-47-80(48-44-77)57-66-92-26-16-38-105-102(92)36-18-40-107(105)110(3)4)75-84(74-82)61-70-90-24-14-31-96-87(21-11-34-99(90)96)64-55-78-49-51-81(52-50-78)58-67-93-71-72-108(111(5)6)103-28-8-7-27-100(93)103/h7-52,71-75H,1-6H3. The smallest absolute Gasteiger partial charge is 0.0441 e. The molecule has 0 radical (unpaired) electrons. The van der Waals surface area contributed by atoms with Crippen LogP contribution in [0.5, 0.6) is 0 Å². The maximum atomic E-state index is 3.56. The summed E-state index contributed by atoms with van der Waals surface area (Å²) in [6.45, 7) is 0. The average Bonchev–Trinajstić information content (AvgIpc) is 0.825. The zero-order valence-electron chi connectivity index (χ0n) is 62.3. The Morgan fingerprint density at radius 2 is 0.297 bits per heavy atom. The highest BCUT2D eigenvalue weighted by atomic mass is 15.1. The van der Waals surface area contributed by atoms with Crippen molar-refractivity contribution in [2.75, 3.05) is 57.0 Å². The molecule has 0 spiro atoms. The highest BCUT2D eigenvalue weighted by Gasteiger charge is 2.12. The molecule has 0 atom stereocenters. The van der Waals surface area contributed by atoms with Gasteiger partial charge >= 0.3 is 0 Å². The van der Waals surface area contributed by atoms with E-state index in [0.29, 0.717) is 0 Å². The van der Waals surface area contributed by atoms with Crippen molar-refractivity contribution in [1.29, 1.82) is 0 Å². The molecule has 3 nitrogen and oxygen atoms in total. The summed E-state index contributed by atoms with van der Waals surface area (Å²) in [6.07, 6.45) is 0. The van der Waals surface area contributed by atoms with E-state index in [4.69, 9.17) is 0 Å². The summed E-state index contributed by atoms with van der Waals surface area (Å²) in [5.41, 5.74) is 19.7. The lowest BCUT2D eigenvalue weighted by Gasteiger charge is -2.16. The predicted octanol–water partition coefficient (Wildman–Crippen LogP) is 21.4. The van der Waals surface area contributed by atoms with E-state index >= 15 is 0 Å². The summed E-state index contributed by atoms with van der Waals surface area (Å²) in [7, 11) is 12.4. The Kier molecular flexibility index (Phi) is 19.9. The molecule has 0 aliphatic rings. The fourth-order valence-corrected chi connectivity index (χ4v) is 14.0. The summed E-state index contributed by atoms with van der Waals surface area (Å²) >= 11 is 0. The minimum absolute atomic E-state index is 0.779.